The number of hydrogen-bond acceptors (Lipinski definition) is 1. The van der Waals surface area contributed by atoms with Gasteiger partial charge in [-0.15, -0.1) is 0 Å². The lowest BCUT2D eigenvalue weighted by Crippen LogP contribution is -2.44. The van der Waals surface area contributed by atoms with Crippen molar-refractivity contribution in [3.05, 3.63) is 71.5 Å². The van der Waals surface area contributed by atoms with E-state index in [1.54, 1.807) is 12.1 Å². The van der Waals surface area contributed by atoms with Crippen LogP contribution >= 0.6 is 0 Å². The van der Waals surface area contributed by atoms with Gasteiger partial charge in [0.2, 0.25) is 0 Å². The van der Waals surface area contributed by atoms with Crippen molar-refractivity contribution in [3.8, 4) is 0 Å². The summed E-state index contributed by atoms with van der Waals surface area (Å²) in [6, 6.07) is 16.1. The minimum absolute atomic E-state index is 0.0882. The van der Waals surface area contributed by atoms with E-state index < -0.39 is 11.4 Å². The molecule has 0 atom stereocenters. The third kappa shape index (κ3) is 4.42. The van der Waals surface area contributed by atoms with Crippen molar-refractivity contribution >= 4 is 5.91 Å². The number of halogens is 1. The number of rotatable bonds is 5. The lowest BCUT2D eigenvalue weighted by molar-refractivity contribution is 0.0905. The van der Waals surface area contributed by atoms with Crippen LogP contribution < -0.4 is 5.32 Å². The van der Waals surface area contributed by atoms with Crippen LogP contribution in [0.4, 0.5) is 4.39 Å². The molecule has 2 nitrogen and oxygen atoms in total. The number of aryl methyl sites for hydroxylation is 1. The predicted octanol–water partition coefficient (Wildman–Crippen LogP) is 3.97. The molecule has 0 aliphatic rings. The average Bonchev–Trinajstić information content (AvgIpc) is 2.46. The largest absolute Gasteiger partial charge is 0.347 e. The molecule has 0 bridgehead atoms. The lowest BCUT2D eigenvalue weighted by atomic mass is 9.95. The highest BCUT2D eigenvalue weighted by Crippen LogP contribution is 2.15. The SMILES string of the molecule is CC(C)(CCc1ccccc1)NC(=O)c1ccccc1F. The predicted molar refractivity (Wildman–Crippen MR) is 82.7 cm³/mol. The molecule has 21 heavy (non-hydrogen) atoms. The standard InChI is InChI=1S/C18H20FNO/c1-18(2,13-12-14-8-4-3-5-9-14)20-17(21)15-10-6-7-11-16(15)19/h3-11H,12-13H2,1-2H3,(H,20,21). The molecule has 110 valence electrons. The first-order valence-electron chi connectivity index (χ1n) is 7.09. The Labute approximate surface area is 125 Å². The summed E-state index contributed by atoms with van der Waals surface area (Å²) in [5.74, 6) is -0.861. The Kier molecular flexibility index (Phi) is 4.73. The molecule has 0 aliphatic heterocycles. The van der Waals surface area contributed by atoms with Gasteiger partial charge in [0, 0.05) is 5.54 Å². The van der Waals surface area contributed by atoms with Crippen LogP contribution in [0.15, 0.2) is 54.6 Å². The molecule has 0 unspecified atom stereocenters. The number of nitrogens with one attached hydrogen (secondary N) is 1. The summed E-state index contributed by atoms with van der Waals surface area (Å²) in [4.78, 5) is 12.1. The molecule has 3 heteroatoms. The highest BCUT2D eigenvalue weighted by molar-refractivity contribution is 5.94. The van der Waals surface area contributed by atoms with Crippen molar-refractivity contribution in [2.45, 2.75) is 32.2 Å². The third-order valence-electron chi connectivity index (χ3n) is 3.45. The quantitative estimate of drug-likeness (QED) is 0.885. The fraction of sp³-hybridized carbons (Fsp3) is 0.278. The van der Waals surface area contributed by atoms with Crippen molar-refractivity contribution in [3.63, 3.8) is 0 Å². The van der Waals surface area contributed by atoms with E-state index in [0.717, 1.165) is 12.8 Å². The van der Waals surface area contributed by atoms with E-state index in [9.17, 15) is 9.18 Å². The van der Waals surface area contributed by atoms with E-state index in [1.165, 1.54) is 17.7 Å². The Morgan fingerprint density at radius 3 is 2.33 bits per heavy atom. The van der Waals surface area contributed by atoms with Crippen LogP contribution in [-0.4, -0.2) is 11.4 Å². The molecule has 0 spiro atoms. The van der Waals surface area contributed by atoms with Gasteiger partial charge in [0.25, 0.3) is 5.91 Å². The molecule has 0 saturated carbocycles. The van der Waals surface area contributed by atoms with E-state index in [4.69, 9.17) is 0 Å². The second-order valence-electron chi connectivity index (χ2n) is 5.80. The maximum atomic E-state index is 13.6. The highest BCUT2D eigenvalue weighted by Gasteiger charge is 2.22. The molecule has 2 aromatic rings. The minimum atomic E-state index is -0.492. The zero-order valence-corrected chi connectivity index (χ0v) is 12.4. The normalized spacial score (nSPS) is 11.2. The molecule has 0 aliphatic carbocycles. The van der Waals surface area contributed by atoms with Crippen LogP contribution in [0.3, 0.4) is 0 Å². The molecule has 0 saturated heterocycles. The average molecular weight is 285 g/mol. The van der Waals surface area contributed by atoms with Gasteiger partial charge in [-0.05, 0) is 44.4 Å². The summed E-state index contributed by atoms with van der Waals surface area (Å²) in [5, 5.41) is 2.90. The van der Waals surface area contributed by atoms with Gasteiger partial charge >= 0.3 is 0 Å². The Bertz CT molecular complexity index is 608. The van der Waals surface area contributed by atoms with Gasteiger partial charge in [0.05, 0.1) is 5.56 Å². The second kappa shape index (κ2) is 6.53. The summed E-state index contributed by atoms with van der Waals surface area (Å²) in [5.41, 5.74) is 0.922. The molecule has 0 fully saturated rings. The first kappa shape index (κ1) is 15.2. The van der Waals surface area contributed by atoms with Crippen molar-refractivity contribution in [2.75, 3.05) is 0 Å². The number of benzene rings is 2. The Hall–Kier alpha value is -2.16. The zero-order chi connectivity index (χ0) is 15.3. The monoisotopic (exact) mass is 285 g/mol. The molecule has 0 radical (unpaired) electrons. The summed E-state index contributed by atoms with van der Waals surface area (Å²) in [7, 11) is 0. The van der Waals surface area contributed by atoms with Crippen molar-refractivity contribution < 1.29 is 9.18 Å². The molecule has 1 N–H and O–H groups in total. The first-order valence-corrected chi connectivity index (χ1v) is 7.09. The maximum absolute atomic E-state index is 13.6. The molecular weight excluding hydrogens is 265 g/mol. The fourth-order valence-electron chi connectivity index (χ4n) is 2.18. The van der Waals surface area contributed by atoms with Gasteiger partial charge in [-0.2, -0.15) is 0 Å². The Morgan fingerprint density at radius 1 is 1.05 bits per heavy atom. The van der Waals surface area contributed by atoms with E-state index in [1.807, 2.05) is 32.0 Å². The summed E-state index contributed by atoms with van der Waals surface area (Å²) < 4.78 is 13.6. The molecule has 1 amide bonds. The lowest BCUT2D eigenvalue weighted by Gasteiger charge is -2.26. The second-order valence-corrected chi connectivity index (χ2v) is 5.80. The Morgan fingerprint density at radius 2 is 1.67 bits per heavy atom. The van der Waals surface area contributed by atoms with Gasteiger partial charge < -0.3 is 5.32 Å². The van der Waals surface area contributed by atoms with Crippen LogP contribution in [0.5, 0.6) is 0 Å². The van der Waals surface area contributed by atoms with Gasteiger partial charge in [-0.25, -0.2) is 4.39 Å². The van der Waals surface area contributed by atoms with Crippen LogP contribution in [0.25, 0.3) is 0 Å². The molecule has 2 aromatic carbocycles. The van der Waals surface area contributed by atoms with Crippen molar-refractivity contribution in [1.82, 2.24) is 5.32 Å². The van der Waals surface area contributed by atoms with Gasteiger partial charge in [0.1, 0.15) is 5.82 Å². The first-order chi connectivity index (χ1) is 9.98. The fourth-order valence-corrected chi connectivity index (χ4v) is 2.18. The van der Waals surface area contributed by atoms with E-state index in [0.29, 0.717) is 0 Å². The van der Waals surface area contributed by atoms with Crippen LogP contribution in [0.2, 0.25) is 0 Å². The molecule has 2 rings (SSSR count). The minimum Gasteiger partial charge on any atom is -0.347 e. The highest BCUT2D eigenvalue weighted by atomic mass is 19.1. The number of amides is 1. The van der Waals surface area contributed by atoms with Crippen LogP contribution in [0, 0.1) is 5.82 Å². The topological polar surface area (TPSA) is 29.1 Å². The maximum Gasteiger partial charge on any atom is 0.254 e. The third-order valence-corrected chi connectivity index (χ3v) is 3.45. The van der Waals surface area contributed by atoms with E-state index in [2.05, 4.69) is 17.4 Å². The van der Waals surface area contributed by atoms with Gasteiger partial charge in [-0.1, -0.05) is 42.5 Å². The summed E-state index contributed by atoms with van der Waals surface area (Å²) >= 11 is 0. The molecular formula is C18H20FNO. The molecule has 0 heterocycles. The summed E-state index contributed by atoms with van der Waals surface area (Å²) in [6.07, 6.45) is 1.66. The van der Waals surface area contributed by atoms with Crippen molar-refractivity contribution in [1.29, 1.82) is 0 Å². The van der Waals surface area contributed by atoms with E-state index in [-0.39, 0.29) is 11.5 Å². The molecule has 0 aromatic heterocycles. The number of carbonyl (C=O) groups excluding carboxylic acids is 1. The van der Waals surface area contributed by atoms with Gasteiger partial charge in [-0.3, -0.25) is 4.79 Å². The van der Waals surface area contributed by atoms with Gasteiger partial charge in [0.15, 0.2) is 0 Å². The van der Waals surface area contributed by atoms with Crippen LogP contribution in [-0.2, 0) is 6.42 Å². The van der Waals surface area contributed by atoms with Crippen LogP contribution in [0.1, 0.15) is 36.2 Å². The van der Waals surface area contributed by atoms with Crippen molar-refractivity contribution in [2.24, 2.45) is 0 Å². The van der Waals surface area contributed by atoms with E-state index >= 15 is 0 Å². The number of hydrogen-bond donors (Lipinski definition) is 1. The smallest absolute Gasteiger partial charge is 0.254 e. The number of carbonyl (C=O) groups is 1. The Balaban J connectivity index is 1.97. The zero-order valence-electron chi connectivity index (χ0n) is 12.4. The summed E-state index contributed by atoms with van der Waals surface area (Å²) in [6.45, 7) is 3.91.